The van der Waals surface area contributed by atoms with Gasteiger partial charge < -0.3 is 4.52 Å². The van der Waals surface area contributed by atoms with Gasteiger partial charge in [0.05, 0.1) is 10.9 Å². The first kappa shape index (κ1) is 18.4. The highest BCUT2D eigenvalue weighted by Gasteiger charge is 2.17. The molecule has 2 aromatic heterocycles. The average Bonchev–Trinajstić information content (AvgIpc) is 3.14. The molecule has 0 radical (unpaired) electrons. The predicted molar refractivity (Wildman–Crippen MR) is 109 cm³/mol. The molecule has 2 heterocycles. The van der Waals surface area contributed by atoms with E-state index in [1.807, 2.05) is 24.3 Å². The van der Waals surface area contributed by atoms with Gasteiger partial charge in [-0.2, -0.15) is 4.98 Å². The van der Waals surface area contributed by atoms with E-state index in [1.54, 1.807) is 38.1 Å². The monoisotopic (exact) mass is 440 g/mol. The summed E-state index contributed by atoms with van der Waals surface area (Å²) >= 11 is 3.42. The van der Waals surface area contributed by atoms with Crippen molar-refractivity contribution in [1.82, 2.24) is 19.3 Å². The quantitative estimate of drug-likeness (QED) is 0.483. The molecule has 4 aromatic rings. The van der Waals surface area contributed by atoms with Crippen LogP contribution < -0.4 is 11.2 Å². The highest BCUT2D eigenvalue weighted by Crippen LogP contribution is 2.20. The molecule has 8 heteroatoms. The first-order chi connectivity index (χ1) is 13.5. The Bertz CT molecular complexity index is 1290. The lowest BCUT2D eigenvalue weighted by molar-refractivity contribution is 0.368. The minimum atomic E-state index is -0.402. The van der Waals surface area contributed by atoms with E-state index in [0.29, 0.717) is 16.7 Å². The number of halogens is 1. The minimum absolute atomic E-state index is 0.0767. The Hall–Kier alpha value is -3.00. The van der Waals surface area contributed by atoms with Crippen LogP contribution in [0, 0.1) is 0 Å². The van der Waals surface area contributed by atoms with Crippen molar-refractivity contribution in [3.8, 4) is 11.4 Å². The molecule has 0 N–H and O–H groups in total. The summed E-state index contributed by atoms with van der Waals surface area (Å²) < 4.78 is 9.02. The molecule has 0 aliphatic carbocycles. The van der Waals surface area contributed by atoms with Crippen molar-refractivity contribution in [2.75, 3.05) is 0 Å². The van der Waals surface area contributed by atoms with E-state index in [1.165, 1.54) is 9.13 Å². The largest absolute Gasteiger partial charge is 0.337 e. The molecule has 0 saturated heterocycles. The van der Waals surface area contributed by atoms with Crippen LogP contribution in [0.25, 0.3) is 22.3 Å². The predicted octanol–water partition coefficient (Wildman–Crippen LogP) is 3.60. The van der Waals surface area contributed by atoms with Gasteiger partial charge in [-0.15, -0.1) is 0 Å². The molecule has 4 rings (SSSR count). The normalized spacial score (nSPS) is 11.4. The Morgan fingerprint density at radius 1 is 1.11 bits per heavy atom. The van der Waals surface area contributed by atoms with Crippen molar-refractivity contribution in [1.29, 1.82) is 0 Å². The highest BCUT2D eigenvalue weighted by atomic mass is 79.9. The second-order valence-electron chi connectivity index (χ2n) is 6.68. The summed E-state index contributed by atoms with van der Waals surface area (Å²) in [6.45, 7) is 3.69. The van der Waals surface area contributed by atoms with Gasteiger partial charge in [0.1, 0.15) is 6.54 Å². The molecule has 28 heavy (non-hydrogen) atoms. The van der Waals surface area contributed by atoms with Crippen molar-refractivity contribution >= 4 is 26.8 Å². The van der Waals surface area contributed by atoms with Crippen molar-refractivity contribution in [2.24, 2.45) is 0 Å². The molecule has 2 aromatic carbocycles. The van der Waals surface area contributed by atoms with Crippen molar-refractivity contribution in [3.05, 3.63) is 79.7 Å². The Kier molecular flexibility index (Phi) is 4.72. The SMILES string of the molecule is CC(C)n1c(=O)c2ccccc2n(Cc2nc(-c3cccc(Br)c3)no2)c1=O. The highest BCUT2D eigenvalue weighted by molar-refractivity contribution is 9.10. The standard InChI is InChI=1S/C20H17BrN4O3/c1-12(2)25-19(26)15-8-3-4-9-16(15)24(20(25)27)11-17-22-18(23-28-17)13-6-5-7-14(21)10-13/h3-10,12H,11H2,1-2H3. The zero-order valence-corrected chi connectivity index (χ0v) is 16.9. The summed E-state index contributed by atoms with van der Waals surface area (Å²) in [6, 6.07) is 14.3. The average molecular weight is 441 g/mol. The fourth-order valence-corrected chi connectivity index (χ4v) is 3.55. The van der Waals surface area contributed by atoms with E-state index in [4.69, 9.17) is 4.52 Å². The number of fused-ring (bicyclic) bond motifs is 1. The van der Waals surface area contributed by atoms with Crippen LogP contribution in [0.5, 0.6) is 0 Å². The lowest BCUT2D eigenvalue weighted by Gasteiger charge is -2.14. The molecular formula is C20H17BrN4O3. The molecule has 0 unspecified atom stereocenters. The van der Waals surface area contributed by atoms with Gasteiger partial charge in [0.25, 0.3) is 5.56 Å². The molecule has 0 atom stereocenters. The number of nitrogens with zero attached hydrogens (tertiary/aromatic N) is 4. The number of rotatable bonds is 4. The second kappa shape index (κ2) is 7.20. The summed E-state index contributed by atoms with van der Waals surface area (Å²) in [4.78, 5) is 30.1. The minimum Gasteiger partial charge on any atom is -0.337 e. The third kappa shape index (κ3) is 3.20. The topological polar surface area (TPSA) is 82.9 Å². The summed E-state index contributed by atoms with van der Waals surface area (Å²) in [5, 5.41) is 4.49. The number of hydrogen-bond acceptors (Lipinski definition) is 5. The number of para-hydroxylation sites is 1. The summed E-state index contributed by atoms with van der Waals surface area (Å²) in [5.74, 6) is 0.724. The Morgan fingerprint density at radius 2 is 1.89 bits per heavy atom. The van der Waals surface area contributed by atoms with E-state index < -0.39 is 5.69 Å². The van der Waals surface area contributed by atoms with Gasteiger partial charge in [0.15, 0.2) is 0 Å². The van der Waals surface area contributed by atoms with Crippen molar-refractivity contribution in [2.45, 2.75) is 26.4 Å². The fourth-order valence-electron chi connectivity index (χ4n) is 3.15. The summed E-state index contributed by atoms with van der Waals surface area (Å²) in [7, 11) is 0. The molecule has 0 aliphatic heterocycles. The van der Waals surface area contributed by atoms with Crippen LogP contribution in [0.2, 0.25) is 0 Å². The zero-order chi connectivity index (χ0) is 19.8. The number of aromatic nitrogens is 4. The smallest absolute Gasteiger partial charge is 0.332 e. The van der Waals surface area contributed by atoms with E-state index in [2.05, 4.69) is 26.1 Å². The number of benzene rings is 2. The van der Waals surface area contributed by atoms with Gasteiger partial charge in [-0.1, -0.05) is 45.4 Å². The van der Waals surface area contributed by atoms with Crippen LogP contribution in [0.15, 0.2) is 67.1 Å². The zero-order valence-electron chi connectivity index (χ0n) is 15.3. The van der Waals surface area contributed by atoms with Crippen molar-refractivity contribution < 1.29 is 4.52 Å². The maximum absolute atomic E-state index is 13.0. The molecular weight excluding hydrogens is 424 g/mol. The fraction of sp³-hybridized carbons (Fsp3) is 0.200. The summed E-state index contributed by atoms with van der Waals surface area (Å²) in [6.07, 6.45) is 0. The first-order valence-electron chi connectivity index (χ1n) is 8.78. The van der Waals surface area contributed by atoms with Gasteiger partial charge in [0, 0.05) is 16.1 Å². The molecule has 0 amide bonds. The van der Waals surface area contributed by atoms with Gasteiger partial charge in [0.2, 0.25) is 11.7 Å². The van der Waals surface area contributed by atoms with Gasteiger partial charge >= 0.3 is 5.69 Å². The maximum atomic E-state index is 13.0. The molecule has 7 nitrogen and oxygen atoms in total. The third-order valence-electron chi connectivity index (χ3n) is 4.44. The number of hydrogen-bond donors (Lipinski definition) is 0. The summed E-state index contributed by atoms with van der Waals surface area (Å²) in [5.41, 5.74) is 0.637. The van der Waals surface area contributed by atoms with Crippen LogP contribution in [-0.4, -0.2) is 19.3 Å². The van der Waals surface area contributed by atoms with Crippen LogP contribution in [0.4, 0.5) is 0 Å². The van der Waals surface area contributed by atoms with Gasteiger partial charge in [-0.25, -0.2) is 4.79 Å². The Morgan fingerprint density at radius 3 is 2.64 bits per heavy atom. The molecule has 142 valence electrons. The third-order valence-corrected chi connectivity index (χ3v) is 4.93. The molecule has 0 fully saturated rings. The van der Waals surface area contributed by atoms with Crippen LogP contribution in [0.1, 0.15) is 25.8 Å². The lowest BCUT2D eigenvalue weighted by Crippen LogP contribution is -2.41. The maximum Gasteiger partial charge on any atom is 0.332 e. The van der Waals surface area contributed by atoms with Crippen LogP contribution in [-0.2, 0) is 6.54 Å². The van der Waals surface area contributed by atoms with E-state index in [0.717, 1.165) is 10.0 Å². The Balaban J connectivity index is 1.83. The second-order valence-corrected chi connectivity index (χ2v) is 7.59. The van der Waals surface area contributed by atoms with E-state index in [-0.39, 0.29) is 24.0 Å². The van der Waals surface area contributed by atoms with Gasteiger partial charge in [-0.3, -0.25) is 13.9 Å². The van der Waals surface area contributed by atoms with E-state index >= 15 is 0 Å². The van der Waals surface area contributed by atoms with E-state index in [9.17, 15) is 9.59 Å². The van der Waals surface area contributed by atoms with Crippen molar-refractivity contribution in [3.63, 3.8) is 0 Å². The molecule has 0 saturated carbocycles. The first-order valence-corrected chi connectivity index (χ1v) is 9.57. The molecule has 0 spiro atoms. The van der Waals surface area contributed by atoms with Crippen LogP contribution in [0.3, 0.4) is 0 Å². The molecule has 0 bridgehead atoms. The lowest BCUT2D eigenvalue weighted by atomic mass is 10.2. The Labute approximate surface area is 168 Å². The van der Waals surface area contributed by atoms with Gasteiger partial charge in [-0.05, 0) is 38.1 Å². The molecule has 0 aliphatic rings. The van der Waals surface area contributed by atoms with Crippen LogP contribution >= 0.6 is 15.9 Å².